The van der Waals surface area contributed by atoms with Crippen molar-refractivity contribution in [3.05, 3.63) is 35.4 Å². The quantitative estimate of drug-likeness (QED) is 0.865. The highest BCUT2D eigenvalue weighted by Gasteiger charge is 2.32. The van der Waals surface area contributed by atoms with Crippen molar-refractivity contribution in [2.75, 3.05) is 6.54 Å². The van der Waals surface area contributed by atoms with Gasteiger partial charge in [0, 0.05) is 12.6 Å². The van der Waals surface area contributed by atoms with E-state index < -0.39 is 12.6 Å². The lowest BCUT2D eigenvalue weighted by atomic mass is 9.74. The van der Waals surface area contributed by atoms with Crippen LogP contribution in [0, 0.1) is 6.92 Å². The van der Waals surface area contributed by atoms with Gasteiger partial charge in [-0.25, -0.2) is 0 Å². The van der Waals surface area contributed by atoms with Crippen LogP contribution in [0.4, 0.5) is 13.2 Å². The molecule has 2 rings (SSSR count). The zero-order valence-electron chi connectivity index (χ0n) is 10.4. The third kappa shape index (κ3) is 3.48. The van der Waals surface area contributed by atoms with Crippen LogP contribution in [-0.2, 0) is 0 Å². The highest BCUT2D eigenvalue weighted by molar-refractivity contribution is 5.31. The van der Waals surface area contributed by atoms with Crippen LogP contribution in [0.2, 0.25) is 0 Å². The molecule has 0 aliphatic heterocycles. The van der Waals surface area contributed by atoms with Crippen LogP contribution in [0.15, 0.2) is 24.3 Å². The van der Waals surface area contributed by atoms with Crippen LogP contribution in [0.25, 0.3) is 0 Å². The van der Waals surface area contributed by atoms with E-state index in [1.54, 1.807) is 0 Å². The van der Waals surface area contributed by atoms with Gasteiger partial charge in [0.2, 0.25) is 0 Å². The van der Waals surface area contributed by atoms with Gasteiger partial charge in [0.05, 0.1) is 6.42 Å². The van der Waals surface area contributed by atoms with Crippen molar-refractivity contribution in [1.29, 1.82) is 0 Å². The fraction of sp³-hybridized carbons (Fsp3) is 0.571. The first-order valence-corrected chi connectivity index (χ1v) is 6.31. The summed E-state index contributed by atoms with van der Waals surface area (Å²) in [4.78, 5) is 0. The molecule has 1 aromatic carbocycles. The Morgan fingerprint density at radius 2 is 1.89 bits per heavy atom. The van der Waals surface area contributed by atoms with E-state index in [1.807, 2.05) is 12.1 Å². The largest absolute Gasteiger partial charge is 0.390 e. The average Bonchev–Trinajstić information content (AvgIpc) is 2.21. The fourth-order valence-corrected chi connectivity index (χ4v) is 2.50. The highest BCUT2D eigenvalue weighted by Crippen LogP contribution is 2.38. The van der Waals surface area contributed by atoms with Crippen LogP contribution in [0.5, 0.6) is 0 Å². The van der Waals surface area contributed by atoms with Crippen LogP contribution in [0.3, 0.4) is 0 Å². The summed E-state index contributed by atoms with van der Waals surface area (Å²) in [5.41, 5.74) is 2.61. The van der Waals surface area contributed by atoms with Gasteiger partial charge >= 0.3 is 6.18 Å². The standard InChI is InChI=1S/C14H18F3N/c1-10-4-2-3-5-13(10)11-8-12(9-11)18-7-6-14(15,16)17/h2-5,11-12,18H,6-9H2,1H3. The van der Waals surface area contributed by atoms with E-state index in [4.69, 9.17) is 0 Å². The molecule has 0 saturated heterocycles. The minimum Gasteiger partial charge on any atom is -0.314 e. The first-order valence-electron chi connectivity index (χ1n) is 6.31. The van der Waals surface area contributed by atoms with Crippen LogP contribution in [-0.4, -0.2) is 18.8 Å². The van der Waals surface area contributed by atoms with Gasteiger partial charge in [0.1, 0.15) is 0 Å². The Bertz CT molecular complexity index is 394. The lowest BCUT2D eigenvalue weighted by Crippen LogP contribution is -2.41. The van der Waals surface area contributed by atoms with Crippen LogP contribution in [0.1, 0.15) is 36.3 Å². The number of benzene rings is 1. The van der Waals surface area contributed by atoms with Crippen LogP contribution >= 0.6 is 0 Å². The summed E-state index contributed by atoms with van der Waals surface area (Å²) in [7, 11) is 0. The van der Waals surface area contributed by atoms with Gasteiger partial charge in [-0.05, 0) is 36.8 Å². The van der Waals surface area contributed by atoms with E-state index in [0.717, 1.165) is 12.8 Å². The van der Waals surface area contributed by atoms with Gasteiger partial charge in [-0.15, -0.1) is 0 Å². The van der Waals surface area contributed by atoms with E-state index in [-0.39, 0.29) is 12.6 Å². The molecule has 0 radical (unpaired) electrons. The summed E-state index contributed by atoms with van der Waals surface area (Å²) in [5, 5.41) is 2.97. The molecule has 1 fully saturated rings. The molecule has 18 heavy (non-hydrogen) atoms. The normalized spacial score (nSPS) is 23.8. The van der Waals surface area contributed by atoms with Gasteiger partial charge in [0.25, 0.3) is 0 Å². The predicted octanol–water partition coefficient (Wildman–Crippen LogP) is 3.78. The molecule has 4 heteroatoms. The Hall–Kier alpha value is -1.03. The van der Waals surface area contributed by atoms with Crippen molar-refractivity contribution < 1.29 is 13.2 Å². The van der Waals surface area contributed by atoms with Crippen LogP contribution < -0.4 is 5.32 Å². The average molecular weight is 257 g/mol. The van der Waals surface area contributed by atoms with Gasteiger partial charge in [-0.3, -0.25) is 0 Å². The zero-order valence-corrected chi connectivity index (χ0v) is 10.4. The van der Waals surface area contributed by atoms with Gasteiger partial charge < -0.3 is 5.32 Å². The number of hydrogen-bond acceptors (Lipinski definition) is 1. The second-order valence-electron chi connectivity index (χ2n) is 5.04. The summed E-state index contributed by atoms with van der Waals surface area (Å²) >= 11 is 0. The number of rotatable bonds is 4. The molecule has 0 heterocycles. The Balaban J connectivity index is 1.73. The lowest BCUT2D eigenvalue weighted by molar-refractivity contribution is -0.133. The molecule has 0 unspecified atom stereocenters. The number of alkyl halides is 3. The molecule has 100 valence electrons. The molecule has 1 N–H and O–H groups in total. The zero-order chi connectivity index (χ0) is 13.2. The van der Waals surface area contributed by atoms with E-state index >= 15 is 0 Å². The molecular weight excluding hydrogens is 239 g/mol. The summed E-state index contributed by atoms with van der Waals surface area (Å²) < 4.78 is 35.9. The molecule has 0 atom stereocenters. The molecule has 0 bridgehead atoms. The molecule has 1 saturated carbocycles. The molecule has 1 aliphatic carbocycles. The Morgan fingerprint density at radius 3 is 2.50 bits per heavy atom. The minimum atomic E-state index is -4.05. The second-order valence-corrected chi connectivity index (χ2v) is 5.04. The number of hydrogen-bond donors (Lipinski definition) is 1. The van der Waals surface area contributed by atoms with Crippen molar-refractivity contribution in [2.45, 2.75) is 44.3 Å². The second kappa shape index (κ2) is 5.31. The molecule has 1 aliphatic rings. The maximum atomic E-state index is 12.0. The van der Waals surface area contributed by atoms with E-state index in [2.05, 4.69) is 24.4 Å². The molecule has 0 amide bonds. The molecule has 1 aromatic rings. The summed E-state index contributed by atoms with van der Waals surface area (Å²) in [6.45, 7) is 2.12. The molecular formula is C14H18F3N. The predicted molar refractivity (Wildman–Crippen MR) is 65.6 cm³/mol. The van der Waals surface area contributed by atoms with Crippen molar-refractivity contribution in [1.82, 2.24) is 5.32 Å². The third-order valence-corrected chi connectivity index (χ3v) is 3.61. The summed E-state index contributed by atoms with van der Waals surface area (Å²) in [6, 6.07) is 8.48. The lowest BCUT2D eigenvalue weighted by Gasteiger charge is -2.37. The molecule has 1 nitrogen and oxygen atoms in total. The van der Waals surface area contributed by atoms with E-state index in [1.165, 1.54) is 11.1 Å². The monoisotopic (exact) mass is 257 g/mol. The maximum Gasteiger partial charge on any atom is 0.390 e. The van der Waals surface area contributed by atoms with E-state index in [9.17, 15) is 13.2 Å². The Labute approximate surface area is 105 Å². The van der Waals surface area contributed by atoms with Crippen molar-refractivity contribution in [3.63, 3.8) is 0 Å². The highest BCUT2D eigenvalue weighted by atomic mass is 19.4. The Morgan fingerprint density at radius 1 is 1.22 bits per heavy atom. The first-order chi connectivity index (χ1) is 8.46. The Kier molecular flexibility index (Phi) is 3.95. The topological polar surface area (TPSA) is 12.0 Å². The summed E-state index contributed by atoms with van der Waals surface area (Å²) in [5.74, 6) is 0.509. The first kappa shape index (κ1) is 13.4. The van der Waals surface area contributed by atoms with Gasteiger partial charge in [0.15, 0.2) is 0 Å². The van der Waals surface area contributed by atoms with Crippen molar-refractivity contribution >= 4 is 0 Å². The third-order valence-electron chi connectivity index (χ3n) is 3.61. The van der Waals surface area contributed by atoms with Crippen molar-refractivity contribution in [3.8, 4) is 0 Å². The number of nitrogens with one attached hydrogen (secondary N) is 1. The van der Waals surface area contributed by atoms with Crippen molar-refractivity contribution in [2.24, 2.45) is 0 Å². The molecule has 0 spiro atoms. The maximum absolute atomic E-state index is 12.0. The SMILES string of the molecule is Cc1ccccc1C1CC(NCCC(F)(F)F)C1. The fourth-order valence-electron chi connectivity index (χ4n) is 2.50. The summed E-state index contributed by atoms with van der Waals surface area (Å²) in [6.07, 6.45) is -2.89. The van der Waals surface area contributed by atoms with Gasteiger partial charge in [-0.1, -0.05) is 24.3 Å². The smallest absolute Gasteiger partial charge is 0.314 e. The minimum absolute atomic E-state index is 0.0364. The van der Waals surface area contributed by atoms with Gasteiger partial charge in [-0.2, -0.15) is 13.2 Å². The van der Waals surface area contributed by atoms with E-state index in [0.29, 0.717) is 5.92 Å². The number of aryl methyl sites for hydroxylation is 1. The molecule has 0 aromatic heterocycles. The number of halogens is 3.